The number of nitrogens with zero attached hydrogens (tertiary/aromatic N) is 1. The largest absolute Gasteiger partial charge is 0.427 e. The summed E-state index contributed by atoms with van der Waals surface area (Å²) in [5, 5.41) is 2.78. The first-order valence-corrected chi connectivity index (χ1v) is 11.5. The second kappa shape index (κ2) is 11.4. The number of hydrogen-bond donors (Lipinski definition) is 1. The van der Waals surface area contributed by atoms with Gasteiger partial charge in [0.2, 0.25) is 5.91 Å². The van der Waals surface area contributed by atoms with E-state index in [-0.39, 0.29) is 29.9 Å². The van der Waals surface area contributed by atoms with Gasteiger partial charge in [-0.05, 0) is 49.1 Å². The molecule has 1 aliphatic heterocycles. The van der Waals surface area contributed by atoms with Crippen LogP contribution in [0.4, 0.5) is 5.69 Å². The lowest BCUT2D eigenvalue weighted by molar-refractivity contribution is -0.134. The van der Waals surface area contributed by atoms with Gasteiger partial charge in [0, 0.05) is 19.4 Å². The second-order valence-electron chi connectivity index (χ2n) is 8.11. The number of imide groups is 1. The molecule has 2 aromatic rings. The number of hydrogen-bond acceptors (Lipinski definition) is 5. The zero-order valence-corrected chi connectivity index (χ0v) is 19.2. The van der Waals surface area contributed by atoms with Crippen molar-refractivity contribution in [1.29, 1.82) is 0 Å². The fourth-order valence-electron chi connectivity index (χ4n) is 3.66. The highest BCUT2D eigenvalue weighted by Crippen LogP contribution is 2.30. The summed E-state index contributed by atoms with van der Waals surface area (Å²) in [6.07, 6.45) is 4.60. The maximum Gasteiger partial charge on any atom is 0.311 e. The number of ether oxygens (including phenoxy) is 1. The number of amides is 3. The van der Waals surface area contributed by atoms with E-state index in [0.717, 1.165) is 31.2 Å². The van der Waals surface area contributed by atoms with Crippen molar-refractivity contribution in [3.05, 3.63) is 59.2 Å². The third kappa shape index (κ3) is 6.06. The lowest BCUT2D eigenvalue weighted by Gasteiger charge is -2.14. The van der Waals surface area contributed by atoms with E-state index in [0.29, 0.717) is 36.3 Å². The molecule has 0 aromatic heterocycles. The Hall–Kier alpha value is -3.48. The number of anilines is 1. The highest BCUT2D eigenvalue weighted by atomic mass is 16.5. The van der Waals surface area contributed by atoms with Crippen LogP contribution in [0.25, 0.3) is 0 Å². The van der Waals surface area contributed by atoms with Gasteiger partial charge in [0.1, 0.15) is 5.75 Å². The molecule has 2 aromatic carbocycles. The van der Waals surface area contributed by atoms with Crippen LogP contribution < -0.4 is 10.1 Å². The average Bonchev–Trinajstić information content (AvgIpc) is 3.06. The van der Waals surface area contributed by atoms with Crippen molar-refractivity contribution in [3.8, 4) is 5.75 Å². The van der Waals surface area contributed by atoms with E-state index >= 15 is 0 Å². The van der Waals surface area contributed by atoms with E-state index in [1.54, 1.807) is 30.3 Å². The maximum absolute atomic E-state index is 13.0. The molecule has 33 heavy (non-hydrogen) atoms. The maximum atomic E-state index is 13.0. The molecule has 7 heteroatoms. The van der Waals surface area contributed by atoms with Crippen LogP contribution in [0.1, 0.15) is 78.7 Å². The lowest BCUT2D eigenvalue weighted by Crippen LogP contribution is -2.32. The third-order valence-corrected chi connectivity index (χ3v) is 5.54. The molecule has 0 saturated carbocycles. The van der Waals surface area contributed by atoms with E-state index in [1.165, 1.54) is 4.90 Å². The summed E-state index contributed by atoms with van der Waals surface area (Å²) in [6.45, 7) is 4.23. The van der Waals surface area contributed by atoms with Gasteiger partial charge in [-0.2, -0.15) is 0 Å². The molecule has 1 heterocycles. The first kappa shape index (κ1) is 24.2. The Morgan fingerprint density at radius 2 is 1.61 bits per heavy atom. The predicted molar refractivity (Wildman–Crippen MR) is 125 cm³/mol. The van der Waals surface area contributed by atoms with E-state index in [2.05, 4.69) is 5.32 Å². The number of unbranched alkanes of at least 4 members (excludes halogenated alkanes) is 2. The molecule has 0 fully saturated rings. The van der Waals surface area contributed by atoms with Crippen LogP contribution in [-0.2, 0) is 16.0 Å². The summed E-state index contributed by atoms with van der Waals surface area (Å²) in [4.78, 5) is 50.9. The quantitative estimate of drug-likeness (QED) is 0.303. The molecule has 0 atom stereocenters. The van der Waals surface area contributed by atoms with Crippen LogP contribution >= 0.6 is 0 Å². The van der Waals surface area contributed by atoms with Crippen molar-refractivity contribution in [3.63, 3.8) is 0 Å². The van der Waals surface area contributed by atoms with Crippen LogP contribution in [-0.4, -0.2) is 35.1 Å². The highest BCUT2D eigenvalue weighted by Gasteiger charge is 2.37. The molecule has 174 valence electrons. The molecule has 0 saturated heterocycles. The number of nitrogens with one attached hydrogen (secondary N) is 1. The van der Waals surface area contributed by atoms with Gasteiger partial charge in [-0.1, -0.05) is 44.9 Å². The third-order valence-electron chi connectivity index (χ3n) is 5.54. The zero-order valence-electron chi connectivity index (χ0n) is 19.2. The van der Waals surface area contributed by atoms with Gasteiger partial charge in [-0.3, -0.25) is 24.1 Å². The number of carbonyl (C=O) groups excluding carboxylic acids is 4. The van der Waals surface area contributed by atoms with E-state index < -0.39 is 5.91 Å². The zero-order chi connectivity index (χ0) is 23.8. The Labute approximate surface area is 194 Å². The first-order valence-electron chi connectivity index (χ1n) is 11.5. The Balaban J connectivity index is 1.62. The molecular formula is C26H30N2O5. The summed E-state index contributed by atoms with van der Waals surface area (Å²) in [5.74, 6) is -0.708. The number of fused-ring (bicyclic) bond motifs is 1. The minimum Gasteiger partial charge on any atom is -0.427 e. The number of carbonyl (C=O) groups is 4. The molecule has 7 nitrogen and oxygen atoms in total. The fraction of sp³-hybridized carbons (Fsp3) is 0.385. The predicted octanol–water partition coefficient (Wildman–Crippen LogP) is 4.75. The minimum absolute atomic E-state index is 0.167. The Kier molecular flexibility index (Phi) is 8.35. The van der Waals surface area contributed by atoms with Gasteiger partial charge in [0.15, 0.2) is 0 Å². The van der Waals surface area contributed by atoms with Gasteiger partial charge in [0.05, 0.1) is 16.8 Å². The van der Waals surface area contributed by atoms with Crippen LogP contribution in [0.3, 0.4) is 0 Å². The number of benzene rings is 2. The summed E-state index contributed by atoms with van der Waals surface area (Å²) in [6, 6.07) is 12.0. The van der Waals surface area contributed by atoms with Gasteiger partial charge < -0.3 is 10.1 Å². The van der Waals surface area contributed by atoms with E-state index in [1.807, 2.05) is 26.0 Å². The molecular weight excluding hydrogens is 420 g/mol. The number of rotatable bonds is 11. The van der Waals surface area contributed by atoms with Gasteiger partial charge in [-0.15, -0.1) is 0 Å². The highest BCUT2D eigenvalue weighted by molar-refractivity contribution is 6.24. The van der Waals surface area contributed by atoms with E-state index in [4.69, 9.17) is 4.74 Å². The van der Waals surface area contributed by atoms with Crippen LogP contribution in [0, 0.1) is 0 Å². The first-order chi connectivity index (χ1) is 15.9. The van der Waals surface area contributed by atoms with Crippen molar-refractivity contribution < 1.29 is 23.9 Å². The molecule has 3 rings (SSSR count). The average molecular weight is 451 g/mol. The standard InChI is InChI=1S/C26H30N2O5/c1-3-5-10-22(29)27-21-9-7-8-20-24(21)26(32)28(25(20)31)17-16-18-12-14-19(15-13-18)33-23(30)11-6-4-2/h7-9,12-15H,3-6,10-11,16-17H2,1-2H3,(H,27,29). The van der Waals surface area contributed by atoms with Crippen molar-refractivity contribution in [2.75, 3.05) is 11.9 Å². The summed E-state index contributed by atoms with van der Waals surface area (Å²) in [5.41, 5.74) is 1.85. The van der Waals surface area contributed by atoms with Crippen molar-refractivity contribution >= 4 is 29.4 Å². The van der Waals surface area contributed by atoms with Crippen LogP contribution in [0.15, 0.2) is 42.5 Å². The summed E-state index contributed by atoms with van der Waals surface area (Å²) >= 11 is 0. The summed E-state index contributed by atoms with van der Waals surface area (Å²) < 4.78 is 5.30. The lowest BCUT2D eigenvalue weighted by atomic mass is 10.1. The van der Waals surface area contributed by atoms with Crippen molar-refractivity contribution in [2.45, 2.75) is 58.8 Å². The molecule has 0 unspecified atom stereocenters. The topological polar surface area (TPSA) is 92.8 Å². The van der Waals surface area contributed by atoms with E-state index in [9.17, 15) is 19.2 Å². The molecule has 1 N–H and O–H groups in total. The normalized spacial score (nSPS) is 12.6. The van der Waals surface area contributed by atoms with Gasteiger partial charge in [0.25, 0.3) is 11.8 Å². The van der Waals surface area contributed by atoms with Crippen LogP contribution in [0.2, 0.25) is 0 Å². The fourth-order valence-corrected chi connectivity index (χ4v) is 3.66. The minimum atomic E-state index is -0.400. The van der Waals surface area contributed by atoms with Gasteiger partial charge in [-0.25, -0.2) is 0 Å². The summed E-state index contributed by atoms with van der Waals surface area (Å²) in [7, 11) is 0. The Bertz CT molecular complexity index is 1030. The molecule has 0 aliphatic carbocycles. The molecule has 1 aliphatic rings. The molecule has 0 spiro atoms. The molecule has 0 bridgehead atoms. The Morgan fingerprint density at radius 3 is 2.30 bits per heavy atom. The molecule has 0 radical (unpaired) electrons. The van der Waals surface area contributed by atoms with Crippen molar-refractivity contribution in [2.24, 2.45) is 0 Å². The van der Waals surface area contributed by atoms with Crippen LogP contribution in [0.5, 0.6) is 5.75 Å². The SMILES string of the molecule is CCCCC(=O)Nc1cccc2c1C(=O)N(CCc1ccc(OC(=O)CCCC)cc1)C2=O. The monoisotopic (exact) mass is 450 g/mol. The van der Waals surface area contributed by atoms with Gasteiger partial charge >= 0.3 is 5.97 Å². The second-order valence-corrected chi connectivity index (χ2v) is 8.11. The smallest absolute Gasteiger partial charge is 0.311 e. The number of esters is 1. The Morgan fingerprint density at radius 1 is 0.909 bits per heavy atom. The van der Waals surface area contributed by atoms with Crippen molar-refractivity contribution in [1.82, 2.24) is 4.90 Å². The molecule has 3 amide bonds.